The van der Waals surface area contributed by atoms with Crippen LogP contribution in [0.5, 0.6) is 0 Å². The molecule has 2 aromatic carbocycles. The number of hydrogen-bond donors (Lipinski definition) is 1. The lowest BCUT2D eigenvalue weighted by Gasteiger charge is -2.29. The summed E-state index contributed by atoms with van der Waals surface area (Å²) in [6, 6.07) is 16.9. The van der Waals surface area contributed by atoms with E-state index >= 15 is 0 Å². The van der Waals surface area contributed by atoms with Crippen molar-refractivity contribution in [2.45, 2.75) is 54.5 Å². The van der Waals surface area contributed by atoms with E-state index in [-0.39, 0.29) is 6.04 Å². The van der Waals surface area contributed by atoms with Crippen LogP contribution in [0.2, 0.25) is 0 Å². The smallest absolute Gasteiger partial charge is 0.0953 e. The van der Waals surface area contributed by atoms with E-state index in [9.17, 15) is 0 Å². The van der Waals surface area contributed by atoms with E-state index in [0.29, 0.717) is 5.92 Å². The number of rotatable bonds is 9. The Morgan fingerprint density at radius 1 is 0.923 bits per heavy atom. The van der Waals surface area contributed by atoms with Gasteiger partial charge in [0.15, 0.2) is 0 Å². The average molecular weight is 684 g/mol. The van der Waals surface area contributed by atoms with Crippen LogP contribution in [0.4, 0.5) is 5.69 Å². The highest BCUT2D eigenvalue weighted by atomic mass is 15.0. The van der Waals surface area contributed by atoms with Gasteiger partial charge in [0.05, 0.1) is 28.6 Å². The number of benzene rings is 2. The van der Waals surface area contributed by atoms with Crippen LogP contribution < -0.4 is 5.32 Å². The van der Waals surface area contributed by atoms with Crippen molar-refractivity contribution in [1.29, 1.82) is 0 Å². The number of allylic oxidation sites excluding steroid dienone is 14. The first kappa shape index (κ1) is 39.0. The molecule has 0 fully saturated rings. The van der Waals surface area contributed by atoms with E-state index in [1.165, 1.54) is 16.7 Å². The number of pyridine rings is 2. The molecule has 0 bridgehead atoms. The van der Waals surface area contributed by atoms with E-state index in [0.717, 1.165) is 66.6 Å². The van der Waals surface area contributed by atoms with Gasteiger partial charge in [0, 0.05) is 28.1 Å². The van der Waals surface area contributed by atoms with Crippen LogP contribution in [-0.2, 0) is 0 Å². The van der Waals surface area contributed by atoms with Crippen LogP contribution in [0.15, 0.2) is 171 Å². The molecule has 0 spiro atoms. The van der Waals surface area contributed by atoms with Crippen LogP contribution in [0.3, 0.4) is 0 Å². The van der Waals surface area contributed by atoms with Crippen molar-refractivity contribution in [3.05, 3.63) is 193 Å². The SMILES string of the molecule is C=C/C=C(\C=C)c1cc(C(=C)C)c2ccc3c(c2n1)NC(C(/C=C\C)=C/C)C=C3c1cc2ccccc2cn1.C=C/C=C\C1=CC(C)C=C1C.CC. The van der Waals surface area contributed by atoms with Gasteiger partial charge in [-0.15, -0.1) is 0 Å². The highest BCUT2D eigenvalue weighted by Crippen LogP contribution is 2.41. The molecule has 52 heavy (non-hydrogen) atoms. The van der Waals surface area contributed by atoms with Gasteiger partial charge in [-0.05, 0) is 85.1 Å². The van der Waals surface area contributed by atoms with Crippen molar-refractivity contribution in [2.75, 3.05) is 5.32 Å². The maximum absolute atomic E-state index is 5.19. The normalized spacial score (nSPS) is 16.9. The highest BCUT2D eigenvalue weighted by Gasteiger charge is 2.26. The lowest BCUT2D eigenvalue weighted by Crippen LogP contribution is -2.24. The van der Waals surface area contributed by atoms with E-state index in [2.05, 4.69) is 137 Å². The second-order valence-electron chi connectivity index (χ2n) is 12.6. The predicted molar refractivity (Wildman–Crippen MR) is 231 cm³/mol. The van der Waals surface area contributed by atoms with E-state index in [4.69, 9.17) is 9.97 Å². The van der Waals surface area contributed by atoms with Crippen molar-refractivity contribution < 1.29 is 0 Å². The van der Waals surface area contributed by atoms with Crippen LogP contribution in [0, 0.1) is 5.92 Å². The summed E-state index contributed by atoms with van der Waals surface area (Å²) in [6.07, 6.45) is 26.5. The number of hydrogen-bond acceptors (Lipinski definition) is 3. The lowest BCUT2D eigenvalue weighted by molar-refractivity contribution is 0.953. The zero-order valence-electron chi connectivity index (χ0n) is 32.0. The van der Waals surface area contributed by atoms with Crippen LogP contribution in [0.25, 0.3) is 38.4 Å². The molecule has 2 atom stereocenters. The van der Waals surface area contributed by atoms with E-state index in [1.54, 1.807) is 12.2 Å². The van der Waals surface area contributed by atoms with Gasteiger partial charge in [0.25, 0.3) is 0 Å². The van der Waals surface area contributed by atoms with E-state index in [1.807, 2.05) is 58.2 Å². The highest BCUT2D eigenvalue weighted by molar-refractivity contribution is 6.06. The van der Waals surface area contributed by atoms with Crippen LogP contribution in [-0.4, -0.2) is 16.0 Å². The van der Waals surface area contributed by atoms with Gasteiger partial charge in [0.2, 0.25) is 0 Å². The molecular formula is C49H53N3. The first-order chi connectivity index (χ1) is 25.2. The molecule has 3 nitrogen and oxygen atoms in total. The number of nitrogens with zero attached hydrogens (tertiary/aromatic N) is 2. The van der Waals surface area contributed by atoms with Crippen molar-refractivity contribution >= 4 is 44.1 Å². The molecule has 1 N–H and O–H groups in total. The Morgan fingerprint density at radius 2 is 1.67 bits per heavy atom. The molecule has 2 unspecified atom stereocenters. The van der Waals surface area contributed by atoms with Gasteiger partial charge in [-0.3, -0.25) is 4.98 Å². The van der Waals surface area contributed by atoms with Crippen LogP contribution in [0.1, 0.15) is 71.0 Å². The van der Waals surface area contributed by atoms with Gasteiger partial charge in [-0.1, -0.05) is 156 Å². The molecule has 1 aliphatic carbocycles. The lowest BCUT2D eigenvalue weighted by atomic mass is 9.88. The molecule has 0 amide bonds. The van der Waals surface area contributed by atoms with Crippen molar-refractivity contribution in [3.8, 4) is 0 Å². The first-order valence-corrected chi connectivity index (χ1v) is 18.1. The Hall–Kier alpha value is -5.80. The van der Waals surface area contributed by atoms with Crippen molar-refractivity contribution in [3.63, 3.8) is 0 Å². The average Bonchev–Trinajstić information content (AvgIpc) is 3.50. The van der Waals surface area contributed by atoms with Gasteiger partial charge in [0.1, 0.15) is 0 Å². The van der Waals surface area contributed by atoms with Crippen molar-refractivity contribution in [1.82, 2.24) is 9.97 Å². The summed E-state index contributed by atoms with van der Waals surface area (Å²) in [4.78, 5) is 10.1. The fourth-order valence-corrected chi connectivity index (χ4v) is 6.52. The largest absolute Gasteiger partial charge is 0.372 e. The summed E-state index contributed by atoms with van der Waals surface area (Å²) in [5.41, 5.74) is 12.6. The Balaban J connectivity index is 0.000000396. The minimum absolute atomic E-state index is 0.0473. The molecule has 6 rings (SSSR count). The molecule has 3 heterocycles. The minimum Gasteiger partial charge on any atom is -0.372 e. The van der Waals surface area contributed by atoms with Gasteiger partial charge >= 0.3 is 0 Å². The standard InChI is InChI=1S/C36H33N3.C11H14.C2H6/c1-7-13-24(9-3)32-20-30(23(5)6)28-17-18-29-31(34-19-26-15-11-12-16-27(26)22-37-34)21-33(25(10-4)14-8-2)39-36(29)35(28)38-32;1-4-5-6-11-8-9(2)7-10(11)3;1-2/h7-22,33,39H,1,3,5H2,2,4,6H3;4-9H,1H2,2-3H3;1-2H3/b14-8-,24-13+,25-10+;6-5-;. The molecule has 3 heteroatoms. The first-order valence-electron chi connectivity index (χ1n) is 18.1. The maximum Gasteiger partial charge on any atom is 0.0953 e. The molecule has 4 aromatic rings. The molecule has 264 valence electrons. The minimum atomic E-state index is -0.0473. The number of fused-ring (bicyclic) bond motifs is 4. The predicted octanol–water partition coefficient (Wildman–Crippen LogP) is 13.6. The summed E-state index contributed by atoms with van der Waals surface area (Å²) in [6.45, 7) is 30.3. The van der Waals surface area contributed by atoms with Gasteiger partial charge in [-0.2, -0.15) is 0 Å². The molecular weight excluding hydrogens is 631 g/mol. The topological polar surface area (TPSA) is 37.8 Å². The number of nitrogens with one attached hydrogen (secondary N) is 1. The fourth-order valence-electron chi connectivity index (χ4n) is 6.52. The zero-order valence-corrected chi connectivity index (χ0v) is 32.0. The number of anilines is 1. The number of aromatic nitrogens is 2. The third-order valence-corrected chi connectivity index (χ3v) is 8.96. The molecule has 1 aliphatic heterocycles. The molecule has 2 aromatic heterocycles. The summed E-state index contributed by atoms with van der Waals surface area (Å²) in [7, 11) is 0. The summed E-state index contributed by atoms with van der Waals surface area (Å²) >= 11 is 0. The summed E-state index contributed by atoms with van der Waals surface area (Å²) < 4.78 is 0. The van der Waals surface area contributed by atoms with Gasteiger partial charge in [-0.25, -0.2) is 4.98 Å². The van der Waals surface area contributed by atoms with Crippen molar-refractivity contribution in [2.24, 2.45) is 5.92 Å². The Labute approximate surface area is 312 Å². The molecule has 0 saturated heterocycles. The Kier molecular flexibility index (Phi) is 13.8. The zero-order chi connectivity index (χ0) is 37.8. The Morgan fingerprint density at radius 3 is 2.29 bits per heavy atom. The molecule has 2 aliphatic rings. The second kappa shape index (κ2) is 18.4. The Bertz CT molecular complexity index is 2210. The summed E-state index contributed by atoms with van der Waals surface area (Å²) in [5.74, 6) is 0.597. The maximum atomic E-state index is 5.19. The second-order valence-corrected chi connectivity index (χ2v) is 12.6. The third kappa shape index (κ3) is 8.73. The monoisotopic (exact) mass is 683 g/mol. The van der Waals surface area contributed by atoms with E-state index < -0.39 is 0 Å². The quantitative estimate of drug-likeness (QED) is 0.178. The third-order valence-electron chi connectivity index (χ3n) is 8.96. The summed E-state index contributed by atoms with van der Waals surface area (Å²) in [5, 5.41) is 7.15. The fraction of sp³-hybridized carbons (Fsp3) is 0.184. The molecule has 0 radical (unpaired) electrons. The van der Waals surface area contributed by atoms with Gasteiger partial charge < -0.3 is 5.32 Å². The molecule has 0 saturated carbocycles. The van der Waals surface area contributed by atoms with Crippen LogP contribution >= 0.6 is 0 Å².